The average Bonchev–Trinajstić information content (AvgIpc) is 2.66. The van der Waals surface area contributed by atoms with Crippen molar-refractivity contribution < 1.29 is 28.7 Å². The monoisotopic (exact) mass is 360 g/mol. The van der Waals surface area contributed by atoms with Gasteiger partial charge in [0.2, 0.25) is 0 Å². The van der Waals surface area contributed by atoms with Gasteiger partial charge in [-0.05, 0) is 18.2 Å². The van der Waals surface area contributed by atoms with Crippen molar-refractivity contribution in [2.45, 2.75) is 0 Å². The third kappa shape index (κ3) is 4.47. The van der Waals surface area contributed by atoms with E-state index in [1.807, 2.05) is 0 Å². The topological polar surface area (TPSA) is 117 Å². The molecule has 1 amide bonds. The van der Waals surface area contributed by atoms with Gasteiger partial charge in [0.1, 0.15) is 17.1 Å². The van der Waals surface area contributed by atoms with Crippen LogP contribution in [-0.2, 0) is 9.53 Å². The first kappa shape index (κ1) is 18.7. The Hall–Kier alpha value is -3.62. The number of hydrogen-bond donors (Lipinski definition) is 1. The molecular formula is C17H16N2O7. The fourth-order valence-corrected chi connectivity index (χ4v) is 2.11. The third-order valence-electron chi connectivity index (χ3n) is 3.33. The lowest BCUT2D eigenvalue weighted by molar-refractivity contribution is -0.384. The number of benzene rings is 2. The van der Waals surface area contributed by atoms with Crippen LogP contribution in [0.4, 0.5) is 11.4 Å². The van der Waals surface area contributed by atoms with Gasteiger partial charge < -0.3 is 19.5 Å². The van der Waals surface area contributed by atoms with Gasteiger partial charge in [-0.3, -0.25) is 14.9 Å². The SMILES string of the molecule is COc1cc([N+](=O)[O-])ccc1NC(=O)COC(=O)c1ccccc1OC. The minimum Gasteiger partial charge on any atom is -0.496 e. The lowest BCUT2D eigenvalue weighted by atomic mass is 10.2. The van der Waals surface area contributed by atoms with E-state index in [4.69, 9.17) is 14.2 Å². The molecule has 0 aromatic heterocycles. The summed E-state index contributed by atoms with van der Waals surface area (Å²) in [6.45, 7) is -0.545. The molecule has 2 aromatic carbocycles. The molecular weight excluding hydrogens is 344 g/mol. The van der Waals surface area contributed by atoms with Crippen LogP contribution in [-0.4, -0.2) is 37.6 Å². The predicted molar refractivity (Wildman–Crippen MR) is 91.6 cm³/mol. The van der Waals surface area contributed by atoms with E-state index >= 15 is 0 Å². The highest BCUT2D eigenvalue weighted by Gasteiger charge is 2.17. The largest absolute Gasteiger partial charge is 0.496 e. The van der Waals surface area contributed by atoms with Crippen LogP contribution in [0.15, 0.2) is 42.5 Å². The summed E-state index contributed by atoms with van der Waals surface area (Å²) < 4.78 is 15.0. The second-order valence-corrected chi connectivity index (χ2v) is 4.97. The van der Waals surface area contributed by atoms with Gasteiger partial charge in [-0.1, -0.05) is 12.1 Å². The summed E-state index contributed by atoms with van der Waals surface area (Å²) in [6, 6.07) is 10.2. The molecule has 26 heavy (non-hydrogen) atoms. The molecule has 136 valence electrons. The first-order chi connectivity index (χ1) is 12.5. The first-order valence-corrected chi connectivity index (χ1v) is 7.38. The van der Waals surface area contributed by atoms with Crippen LogP contribution in [0.25, 0.3) is 0 Å². The van der Waals surface area contributed by atoms with Crippen LogP contribution in [0.3, 0.4) is 0 Å². The molecule has 2 aromatic rings. The van der Waals surface area contributed by atoms with Crippen molar-refractivity contribution in [2.75, 3.05) is 26.1 Å². The number of nitro groups is 1. The van der Waals surface area contributed by atoms with Crippen molar-refractivity contribution in [2.24, 2.45) is 0 Å². The summed E-state index contributed by atoms with van der Waals surface area (Å²) in [5.41, 5.74) is 0.231. The number of rotatable bonds is 7. The minimum atomic E-state index is -0.715. The predicted octanol–water partition coefficient (Wildman–Crippen LogP) is 2.41. The summed E-state index contributed by atoms with van der Waals surface area (Å²) in [5, 5.41) is 13.2. The molecule has 2 rings (SSSR count). The van der Waals surface area contributed by atoms with Crippen molar-refractivity contribution in [1.29, 1.82) is 0 Å². The van der Waals surface area contributed by atoms with E-state index in [9.17, 15) is 19.7 Å². The van der Waals surface area contributed by atoms with E-state index < -0.39 is 23.4 Å². The second-order valence-electron chi connectivity index (χ2n) is 4.97. The third-order valence-corrected chi connectivity index (χ3v) is 3.33. The number of non-ortho nitro benzene ring substituents is 1. The number of para-hydroxylation sites is 1. The molecule has 0 bridgehead atoms. The summed E-state index contributed by atoms with van der Waals surface area (Å²) >= 11 is 0. The Balaban J connectivity index is 2.01. The molecule has 0 spiro atoms. The zero-order valence-corrected chi connectivity index (χ0v) is 14.1. The molecule has 1 N–H and O–H groups in total. The molecule has 0 aliphatic heterocycles. The fraction of sp³-hybridized carbons (Fsp3) is 0.176. The van der Waals surface area contributed by atoms with Gasteiger partial charge in [-0.15, -0.1) is 0 Å². The molecule has 0 fully saturated rings. The standard InChI is InChI=1S/C17H16N2O7/c1-24-14-6-4-3-5-12(14)17(21)26-10-16(20)18-13-8-7-11(19(22)23)9-15(13)25-2/h3-9H,10H2,1-2H3,(H,18,20). The van der Waals surface area contributed by atoms with Gasteiger partial charge in [0, 0.05) is 6.07 Å². The van der Waals surface area contributed by atoms with Gasteiger partial charge >= 0.3 is 5.97 Å². The Labute approximate surface area is 148 Å². The van der Waals surface area contributed by atoms with Crippen molar-refractivity contribution in [3.8, 4) is 11.5 Å². The van der Waals surface area contributed by atoms with E-state index in [2.05, 4.69) is 5.32 Å². The number of anilines is 1. The van der Waals surface area contributed by atoms with E-state index in [-0.39, 0.29) is 22.7 Å². The smallest absolute Gasteiger partial charge is 0.342 e. The van der Waals surface area contributed by atoms with Crippen LogP contribution in [0.2, 0.25) is 0 Å². The normalized spacial score (nSPS) is 9.92. The zero-order valence-electron chi connectivity index (χ0n) is 14.1. The van der Waals surface area contributed by atoms with Crippen molar-refractivity contribution in [1.82, 2.24) is 0 Å². The molecule has 0 heterocycles. The van der Waals surface area contributed by atoms with Gasteiger partial charge in [0.25, 0.3) is 11.6 Å². The first-order valence-electron chi connectivity index (χ1n) is 7.38. The van der Waals surface area contributed by atoms with Crippen molar-refractivity contribution >= 4 is 23.3 Å². The number of esters is 1. The summed E-state index contributed by atoms with van der Waals surface area (Å²) in [5.74, 6) is -0.896. The zero-order chi connectivity index (χ0) is 19.1. The minimum absolute atomic E-state index is 0.114. The van der Waals surface area contributed by atoms with Crippen LogP contribution in [0.1, 0.15) is 10.4 Å². The van der Waals surface area contributed by atoms with Crippen LogP contribution in [0.5, 0.6) is 11.5 Å². The molecule has 9 heteroatoms. The Morgan fingerprint density at radius 1 is 1.08 bits per heavy atom. The molecule has 0 atom stereocenters. The highest BCUT2D eigenvalue weighted by Crippen LogP contribution is 2.29. The molecule has 0 radical (unpaired) electrons. The number of amides is 1. The van der Waals surface area contributed by atoms with Gasteiger partial charge in [0.15, 0.2) is 6.61 Å². The van der Waals surface area contributed by atoms with Crippen molar-refractivity contribution in [3.63, 3.8) is 0 Å². The lowest BCUT2D eigenvalue weighted by Gasteiger charge is -2.11. The molecule has 0 saturated heterocycles. The van der Waals surface area contributed by atoms with E-state index in [1.54, 1.807) is 18.2 Å². The highest BCUT2D eigenvalue weighted by molar-refractivity contribution is 5.97. The average molecular weight is 360 g/mol. The van der Waals surface area contributed by atoms with E-state index in [0.717, 1.165) is 0 Å². The maximum Gasteiger partial charge on any atom is 0.342 e. The van der Waals surface area contributed by atoms with Crippen molar-refractivity contribution in [3.05, 3.63) is 58.1 Å². The summed E-state index contributed by atoms with van der Waals surface area (Å²) in [7, 11) is 2.73. The maximum absolute atomic E-state index is 12.0. The molecule has 0 aliphatic rings. The number of carbonyl (C=O) groups is 2. The van der Waals surface area contributed by atoms with E-state index in [1.165, 1.54) is 38.5 Å². The Morgan fingerprint density at radius 2 is 1.77 bits per heavy atom. The quantitative estimate of drug-likeness (QED) is 0.458. The number of methoxy groups -OCH3 is 2. The van der Waals surface area contributed by atoms with E-state index in [0.29, 0.717) is 5.75 Å². The van der Waals surface area contributed by atoms with Crippen LogP contribution >= 0.6 is 0 Å². The number of nitro benzene ring substituents is 1. The Kier molecular flexibility index (Phi) is 6.10. The fourth-order valence-electron chi connectivity index (χ4n) is 2.11. The number of nitrogens with zero attached hydrogens (tertiary/aromatic N) is 1. The Morgan fingerprint density at radius 3 is 2.42 bits per heavy atom. The summed E-state index contributed by atoms with van der Waals surface area (Å²) in [6.07, 6.45) is 0. The highest BCUT2D eigenvalue weighted by atomic mass is 16.6. The lowest BCUT2D eigenvalue weighted by Crippen LogP contribution is -2.21. The van der Waals surface area contributed by atoms with Gasteiger partial charge in [-0.25, -0.2) is 4.79 Å². The van der Waals surface area contributed by atoms with Crippen LogP contribution < -0.4 is 14.8 Å². The summed E-state index contributed by atoms with van der Waals surface area (Å²) in [4.78, 5) is 34.2. The van der Waals surface area contributed by atoms with Gasteiger partial charge in [-0.2, -0.15) is 0 Å². The number of ether oxygens (including phenoxy) is 3. The molecule has 9 nitrogen and oxygen atoms in total. The number of nitrogens with one attached hydrogen (secondary N) is 1. The van der Waals surface area contributed by atoms with Crippen LogP contribution in [0, 0.1) is 10.1 Å². The number of carbonyl (C=O) groups excluding carboxylic acids is 2. The molecule has 0 saturated carbocycles. The maximum atomic E-state index is 12.0. The Bertz CT molecular complexity index is 836. The van der Waals surface area contributed by atoms with Gasteiger partial charge in [0.05, 0.1) is 30.9 Å². The molecule has 0 aliphatic carbocycles. The molecule has 0 unspecified atom stereocenters. The second kappa shape index (κ2) is 8.47. The number of hydrogen-bond acceptors (Lipinski definition) is 7.